The summed E-state index contributed by atoms with van der Waals surface area (Å²) in [7, 11) is -3.70. The molecule has 6 heteroatoms. The van der Waals surface area contributed by atoms with E-state index in [1.807, 2.05) is 31.2 Å². The van der Waals surface area contributed by atoms with Crippen LogP contribution in [0, 0.1) is 13.8 Å². The molecule has 0 fully saturated rings. The molecule has 0 spiro atoms. The third kappa shape index (κ3) is 3.09. The van der Waals surface area contributed by atoms with Crippen molar-refractivity contribution in [1.82, 2.24) is 4.98 Å². The molecule has 0 atom stereocenters. The van der Waals surface area contributed by atoms with Crippen LogP contribution in [0.5, 0.6) is 0 Å². The van der Waals surface area contributed by atoms with Crippen molar-refractivity contribution >= 4 is 25.8 Å². The van der Waals surface area contributed by atoms with Crippen molar-refractivity contribution in [2.45, 2.75) is 23.8 Å². The molecule has 4 nitrogen and oxygen atoms in total. The molecule has 0 unspecified atom stereocenters. The monoisotopic (exact) mass is 391 g/mol. The molecule has 0 aliphatic heterocycles. The molecule has 0 aliphatic rings. The Morgan fingerprint density at radius 1 is 0.957 bits per heavy atom. The van der Waals surface area contributed by atoms with Gasteiger partial charge in [-0.2, -0.15) is 4.98 Å². The molecular formula is C17H14BrNO3S. The van der Waals surface area contributed by atoms with E-state index in [0.717, 1.165) is 15.6 Å². The molecule has 118 valence electrons. The molecule has 0 N–H and O–H groups in total. The molecule has 1 heterocycles. The van der Waals surface area contributed by atoms with Gasteiger partial charge < -0.3 is 4.42 Å². The van der Waals surface area contributed by atoms with Gasteiger partial charge in [0.25, 0.3) is 0 Å². The maximum Gasteiger partial charge on any atom is 0.227 e. The number of oxazole rings is 1. The Morgan fingerprint density at radius 3 is 2.17 bits per heavy atom. The Labute approximate surface area is 143 Å². The highest BCUT2D eigenvalue weighted by atomic mass is 79.9. The highest BCUT2D eigenvalue weighted by Crippen LogP contribution is 2.29. The zero-order valence-corrected chi connectivity index (χ0v) is 15.0. The number of hydrogen-bond acceptors (Lipinski definition) is 4. The second-order valence-electron chi connectivity index (χ2n) is 5.20. The van der Waals surface area contributed by atoms with Gasteiger partial charge in [-0.05, 0) is 50.2 Å². The Hall–Kier alpha value is -1.92. The first-order chi connectivity index (χ1) is 10.9. The van der Waals surface area contributed by atoms with E-state index in [-0.39, 0.29) is 15.7 Å². The topological polar surface area (TPSA) is 60.2 Å². The summed E-state index contributed by atoms with van der Waals surface area (Å²) in [5.41, 5.74) is 1.72. The van der Waals surface area contributed by atoms with Gasteiger partial charge >= 0.3 is 0 Å². The highest BCUT2D eigenvalue weighted by Gasteiger charge is 2.26. The number of rotatable bonds is 3. The summed E-state index contributed by atoms with van der Waals surface area (Å²) in [6.07, 6.45) is 0. The summed E-state index contributed by atoms with van der Waals surface area (Å²) in [4.78, 5) is 4.42. The number of benzene rings is 2. The average molecular weight is 392 g/mol. The van der Waals surface area contributed by atoms with E-state index in [1.165, 1.54) is 0 Å². The van der Waals surface area contributed by atoms with E-state index in [1.54, 1.807) is 31.2 Å². The number of hydrogen-bond donors (Lipinski definition) is 0. The first kappa shape index (κ1) is 16.0. The van der Waals surface area contributed by atoms with Crippen molar-refractivity contribution in [2.24, 2.45) is 0 Å². The summed E-state index contributed by atoms with van der Waals surface area (Å²) in [6, 6.07) is 14.0. The molecule has 3 rings (SSSR count). The highest BCUT2D eigenvalue weighted by molar-refractivity contribution is 9.10. The Kier molecular flexibility index (Phi) is 4.12. The Morgan fingerprint density at radius 2 is 1.57 bits per heavy atom. The van der Waals surface area contributed by atoms with E-state index >= 15 is 0 Å². The van der Waals surface area contributed by atoms with Gasteiger partial charge in [0, 0.05) is 10.0 Å². The lowest BCUT2D eigenvalue weighted by molar-refractivity contribution is 0.533. The quantitative estimate of drug-likeness (QED) is 0.656. The normalized spacial score (nSPS) is 11.6. The first-order valence-corrected chi connectivity index (χ1v) is 9.20. The second kappa shape index (κ2) is 5.94. The summed E-state index contributed by atoms with van der Waals surface area (Å²) >= 11 is 3.36. The largest absolute Gasteiger partial charge is 0.440 e. The summed E-state index contributed by atoms with van der Waals surface area (Å²) in [5, 5.41) is -0.0423. The molecule has 0 saturated carbocycles. The van der Waals surface area contributed by atoms with Crippen LogP contribution in [0.3, 0.4) is 0 Å². The number of halogens is 1. The molecule has 0 saturated heterocycles. The van der Waals surface area contributed by atoms with Gasteiger partial charge in [0.1, 0.15) is 5.76 Å². The zero-order chi connectivity index (χ0) is 16.6. The lowest BCUT2D eigenvalue weighted by Gasteiger charge is -2.02. The molecule has 3 aromatic rings. The fourth-order valence-electron chi connectivity index (χ4n) is 2.18. The van der Waals surface area contributed by atoms with Crippen molar-refractivity contribution < 1.29 is 12.8 Å². The summed E-state index contributed by atoms with van der Waals surface area (Å²) in [5.74, 6) is 0.573. The van der Waals surface area contributed by atoms with Crippen LogP contribution >= 0.6 is 15.9 Å². The standard InChI is InChI=1S/C17H14BrNO3S/c1-11-3-9-15(10-4-11)23(20,21)17-12(2)22-16(19-17)13-5-7-14(18)8-6-13/h3-10H,1-2H3. The van der Waals surface area contributed by atoms with Gasteiger partial charge in [0.15, 0.2) is 0 Å². The first-order valence-electron chi connectivity index (χ1n) is 6.93. The Bertz CT molecular complexity index is 943. The molecule has 0 amide bonds. The molecule has 2 aromatic carbocycles. The van der Waals surface area contributed by atoms with Gasteiger partial charge in [-0.25, -0.2) is 8.42 Å². The van der Waals surface area contributed by atoms with Crippen LogP contribution in [0.25, 0.3) is 11.5 Å². The van der Waals surface area contributed by atoms with Crippen LogP contribution in [0.15, 0.2) is 67.3 Å². The lowest BCUT2D eigenvalue weighted by Crippen LogP contribution is -2.04. The van der Waals surface area contributed by atoms with E-state index in [4.69, 9.17) is 4.42 Å². The van der Waals surface area contributed by atoms with E-state index in [0.29, 0.717) is 5.89 Å². The molecule has 0 aliphatic carbocycles. The molecule has 1 aromatic heterocycles. The van der Waals surface area contributed by atoms with Gasteiger partial charge in [-0.3, -0.25) is 0 Å². The number of aromatic nitrogens is 1. The van der Waals surface area contributed by atoms with Crippen LogP contribution in [0.4, 0.5) is 0 Å². The molecule has 23 heavy (non-hydrogen) atoms. The van der Waals surface area contributed by atoms with Crippen LogP contribution in [-0.2, 0) is 9.84 Å². The minimum atomic E-state index is -3.70. The van der Waals surface area contributed by atoms with E-state index in [9.17, 15) is 8.42 Å². The van der Waals surface area contributed by atoms with Gasteiger partial charge in [-0.15, -0.1) is 0 Å². The number of aryl methyl sites for hydroxylation is 2. The third-order valence-corrected chi connectivity index (χ3v) is 5.74. The second-order valence-corrected chi connectivity index (χ2v) is 7.98. The van der Waals surface area contributed by atoms with E-state index < -0.39 is 9.84 Å². The average Bonchev–Trinajstić information content (AvgIpc) is 2.91. The third-order valence-electron chi connectivity index (χ3n) is 3.43. The van der Waals surface area contributed by atoms with Crippen molar-refractivity contribution in [2.75, 3.05) is 0 Å². The van der Waals surface area contributed by atoms with Crippen molar-refractivity contribution in [3.8, 4) is 11.5 Å². The van der Waals surface area contributed by atoms with Crippen molar-refractivity contribution in [1.29, 1.82) is 0 Å². The predicted octanol–water partition coefficient (Wildman–Crippen LogP) is 4.55. The van der Waals surface area contributed by atoms with E-state index in [2.05, 4.69) is 20.9 Å². The maximum atomic E-state index is 12.7. The predicted molar refractivity (Wildman–Crippen MR) is 91.0 cm³/mol. The number of nitrogens with zero attached hydrogens (tertiary/aromatic N) is 1. The number of sulfone groups is 1. The molecular weight excluding hydrogens is 378 g/mol. The smallest absolute Gasteiger partial charge is 0.227 e. The van der Waals surface area contributed by atoms with Gasteiger partial charge in [0.05, 0.1) is 4.90 Å². The van der Waals surface area contributed by atoms with Crippen LogP contribution < -0.4 is 0 Å². The maximum absolute atomic E-state index is 12.7. The lowest BCUT2D eigenvalue weighted by atomic mass is 10.2. The Balaban J connectivity index is 2.07. The van der Waals surface area contributed by atoms with Gasteiger partial charge in [-0.1, -0.05) is 33.6 Å². The molecule has 0 bridgehead atoms. The van der Waals surface area contributed by atoms with Crippen LogP contribution in [0.1, 0.15) is 11.3 Å². The minimum Gasteiger partial charge on any atom is -0.440 e. The fraction of sp³-hybridized carbons (Fsp3) is 0.118. The zero-order valence-electron chi connectivity index (χ0n) is 12.6. The van der Waals surface area contributed by atoms with Crippen LogP contribution in [-0.4, -0.2) is 13.4 Å². The summed E-state index contributed by atoms with van der Waals surface area (Å²) < 4.78 is 32.0. The van der Waals surface area contributed by atoms with Gasteiger partial charge in [0.2, 0.25) is 20.8 Å². The minimum absolute atomic E-state index is 0.0423. The fourth-order valence-corrected chi connectivity index (χ4v) is 3.78. The molecule has 0 radical (unpaired) electrons. The summed E-state index contributed by atoms with van der Waals surface area (Å²) in [6.45, 7) is 3.51. The van der Waals surface area contributed by atoms with Crippen molar-refractivity contribution in [3.63, 3.8) is 0 Å². The SMILES string of the molecule is Cc1ccc(S(=O)(=O)c2nc(-c3ccc(Br)cc3)oc2C)cc1. The van der Waals surface area contributed by atoms with Crippen molar-refractivity contribution in [3.05, 3.63) is 64.3 Å². The van der Waals surface area contributed by atoms with Crippen LogP contribution in [0.2, 0.25) is 0 Å².